The molecule has 0 fully saturated rings. The molecule has 0 radical (unpaired) electrons. The van der Waals surface area contributed by atoms with Gasteiger partial charge in [-0.25, -0.2) is 8.42 Å². The highest BCUT2D eigenvalue weighted by atomic mass is 32.2. The van der Waals surface area contributed by atoms with Crippen molar-refractivity contribution in [1.29, 1.82) is 0 Å². The first kappa shape index (κ1) is 17.3. The molecule has 8 heteroatoms. The SMILES string of the molecule is CCCN(CC(=O)N(C)C)S(=O)(=O)c1ccc(O)c(N)c1. The van der Waals surface area contributed by atoms with Gasteiger partial charge < -0.3 is 15.7 Å². The molecule has 1 rings (SSSR count). The zero-order chi connectivity index (χ0) is 16.2. The van der Waals surface area contributed by atoms with Crippen molar-refractivity contribution in [3.05, 3.63) is 18.2 Å². The summed E-state index contributed by atoms with van der Waals surface area (Å²) in [6.45, 7) is 1.82. The number of carbonyl (C=O) groups is 1. The summed E-state index contributed by atoms with van der Waals surface area (Å²) in [5.74, 6) is -0.487. The number of carbonyl (C=O) groups excluding carboxylic acids is 1. The van der Waals surface area contributed by atoms with E-state index in [2.05, 4.69) is 0 Å². The minimum Gasteiger partial charge on any atom is -0.506 e. The molecule has 118 valence electrons. The van der Waals surface area contributed by atoms with Crippen LogP contribution in [0, 0.1) is 0 Å². The lowest BCUT2D eigenvalue weighted by molar-refractivity contribution is -0.128. The van der Waals surface area contributed by atoms with E-state index < -0.39 is 10.0 Å². The topological polar surface area (TPSA) is 104 Å². The maximum atomic E-state index is 12.6. The fourth-order valence-corrected chi connectivity index (χ4v) is 3.19. The van der Waals surface area contributed by atoms with Crippen LogP contribution in [-0.2, 0) is 14.8 Å². The first-order valence-electron chi connectivity index (χ1n) is 6.49. The fourth-order valence-electron chi connectivity index (χ4n) is 1.67. The van der Waals surface area contributed by atoms with E-state index in [9.17, 15) is 18.3 Å². The van der Waals surface area contributed by atoms with Crippen LogP contribution in [0.3, 0.4) is 0 Å². The van der Waals surface area contributed by atoms with Crippen LogP contribution in [0.1, 0.15) is 13.3 Å². The van der Waals surface area contributed by atoms with Crippen LogP contribution >= 0.6 is 0 Å². The van der Waals surface area contributed by atoms with E-state index in [1.165, 1.54) is 23.1 Å². The van der Waals surface area contributed by atoms with Crippen molar-refractivity contribution < 1.29 is 18.3 Å². The Kier molecular flexibility index (Phi) is 5.56. The number of phenols is 1. The van der Waals surface area contributed by atoms with Crippen molar-refractivity contribution in [3.8, 4) is 5.75 Å². The molecule has 0 atom stereocenters. The molecule has 1 aromatic carbocycles. The average Bonchev–Trinajstić information content (AvgIpc) is 2.40. The van der Waals surface area contributed by atoms with Crippen LogP contribution in [0.15, 0.2) is 23.1 Å². The third-order valence-electron chi connectivity index (χ3n) is 2.92. The Labute approximate surface area is 125 Å². The molecule has 0 saturated carbocycles. The number of hydrogen-bond donors (Lipinski definition) is 2. The number of aromatic hydroxyl groups is 1. The molecule has 21 heavy (non-hydrogen) atoms. The molecule has 7 nitrogen and oxygen atoms in total. The average molecular weight is 315 g/mol. The smallest absolute Gasteiger partial charge is 0.243 e. The molecule has 0 aliphatic rings. The second kappa shape index (κ2) is 6.77. The number of nitrogen functional groups attached to an aromatic ring is 1. The normalized spacial score (nSPS) is 11.6. The molecule has 3 N–H and O–H groups in total. The van der Waals surface area contributed by atoms with E-state index in [0.29, 0.717) is 6.42 Å². The first-order chi connectivity index (χ1) is 9.70. The van der Waals surface area contributed by atoms with Crippen LogP contribution in [0.2, 0.25) is 0 Å². The molecule has 0 spiro atoms. The van der Waals surface area contributed by atoms with E-state index in [1.807, 2.05) is 6.92 Å². The van der Waals surface area contributed by atoms with Gasteiger partial charge in [-0.3, -0.25) is 4.79 Å². The van der Waals surface area contributed by atoms with Crippen molar-refractivity contribution in [3.63, 3.8) is 0 Å². The molecule has 0 bridgehead atoms. The molecular formula is C13H21N3O4S. The Balaban J connectivity index is 3.15. The van der Waals surface area contributed by atoms with Crippen molar-refractivity contribution >= 4 is 21.6 Å². The number of phenolic OH excluding ortho intramolecular Hbond substituents is 1. The van der Waals surface area contributed by atoms with Gasteiger partial charge in [0.05, 0.1) is 17.1 Å². The molecular weight excluding hydrogens is 294 g/mol. The lowest BCUT2D eigenvalue weighted by Crippen LogP contribution is -2.40. The molecule has 1 amide bonds. The van der Waals surface area contributed by atoms with Crippen molar-refractivity contribution in [2.75, 3.05) is 32.9 Å². The van der Waals surface area contributed by atoms with Crippen LogP contribution in [0.25, 0.3) is 0 Å². The highest BCUT2D eigenvalue weighted by Gasteiger charge is 2.27. The third kappa shape index (κ3) is 4.08. The summed E-state index contributed by atoms with van der Waals surface area (Å²) in [4.78, 5) is 13.1. The van der Waals surface area contributed by atoms with Crippen LogP contribution in [-0.4, -0.2) is 55.8 Å². The summed E-state index contributed by atoms with van der Waals surface area (Å²) in [6, 6.07) is 3.68. The molecule has 0 aliphatic carbocycles. The molecule has 0 aromatic heterocycles. The zero-order valence-electron chi connectivity index (χ0n) is 12.4. The largest absolute Gasteiger partial charge is 0.506 e. The summed E-state index contributed by atoms with van der Waals surface area (Å²) in [5.41, 5.74) is 5.51. The molecule has 0 saturated heterocycles. The van der Waals surface area contributed by atoms with Crippen LogP contribution in [0.5, 0.6) is 5.75 Å². The summed E-state index contributed by atoms with van der Waals surface area (Å²) in [6.07, 6.45) is 0.577. The van der Waals surface area contributed by atoms with Gasteiger partial charge in [0, 0.05) is 20.6 Å². The summed E-state index contributed by atoms with van der Waals surface area (Å²) in [5, 5.41) is 9.38. The highest BCUT2D eigenvalue weighted by Crippen LogP contribution is 2.25. The second-order valence-corrected chi connectivity index (χ2v) is 6.79. The predicted molar refractivity (Wildman–Crippen MR) is 80.3 cm³/mol. The monoisotopic (exact) mass is 315 g/mol. The number of nitrogens with two attached hydrogens (primary N) is 1. The molecule has 0 heterocycles. The standard InChI is InChI=1S/C13H21N3O4S/c1-4-7-16(9-13(18)15(2)3)21(19,20)10-5-6-12(17)11(14)8-10/h5-6,8,17H,4,7,9,14H2,1-3H3. The van der Waals surface area contributed by atoms with Crippen molar-refractivity contribution in [1.82, 2.24) is 9.21 Å². The highest BCUT2D eigenvalue weighted by molar-refractivity contribution is 7.89. The van der Waals surface area contributed by atoms with E-state index in [1.54, 1.807) is 14.1 Å². The van der Waals surface area contributed by atoms with E-state index in [0.717, 1.165) is 4.31 Å². The Morgan fingerprint density at radius 1 is 1.33 bits per heavy atom. The predicted octanol–water partition coefficient (Wildman–Crippen LogP) is 0.463. The Bertz CT molecular complexity index is 614. The number of rotatable bonds is 6. The van der Waals surface area contributed by atoms with Gasteiger partial charge in [-0.1, -0.05) is 6.92 Å². The van der Waals surface area contributed by atoms with E-state index in [-0.39, 0.29) is 35.3 Å². The Morgan fingerprint density at radius 3 is 2.43 bits per heavy atom. The summed E-state index contributed by atoms with van der Waals surface area (Å²) >= 11 is 0. The maximum Gasteiger partial charge on any atom is 0.243 e. The molecule has 0 aliphatic heterocycles. The van der Waals surface area contributed by atoms with Gasteiger partial charge in [0.1, 0.15) is 5.75 Å². The Hall–Kier alpha value is -1.80. The van der Waals surface area contributed by atoms with Crippen molar-refractivity contribution in [2.45, 2.75) is 18.2 Å². The number of benzene rings is 1. The van der Waals surface area contributed by atoms with Gasteiger partial charge in [-0.05, 0) is 24.6 Å². The van der Waals surface area contributed by atoms with Gasteiger partial charge in [0.15, 0.2) is 0 Å². The number of hydrogen-bond acceptors (Lipinski definition) is 5. The van der Waals surface area contributed by atoms with E-state index in [4.69, 9.17) is 5.73 Å². The fraction of sp³-hybridized carbons (Fsp3) is 0.462. The number of sulfonamides is 1. The second-order valence-electron chi connectivity index (χ2n) is 4.85. The number of likely N-dealkylation sites (N-methyl/N-ethyl adjacent to an activating group) is 1. The third-order valence-corrected chi connectivity index (χ3v) is 4.76. The van der Waals surface area contributed by atoms with Gasteiger partial charge in [-0.2, -0.15) is 4.31 Å². The minimum atomic E-state index is -3.84. The zero-order valence-corrected chi connectivity index (χ0v) is 13.2. The Morgan fingerprint density at radius 2 is 1.95 bits per heavy atom. The minimum absolute atomic E-state index is 0.0218. The van der Waals surface area contributed by atoms with Crippen LogP contribution < -0.4 is 5.73 Å². The quantitative estimate of drug-likeness (QED) is 0.586. The number of anilines is 1. The van der Waals surface area contributed by atoms with Gasteiger partial charge in [-0.15, -0.1) is 0 Å². The lowest BCUT2D eigenvalue weighted by atomic mass is 10.3. The van der Waals surface area contributed by atoms with E-state index >= 15 is 0 Å². The van der Waals surface area contributed by atoms with Gasteiger partial charge in [0.2, 0.25) is 15.9 Å². The van der Waals surface area contributed by atoms with Gasteiger partial charge >= 0.3 is 0 Å². The van der Waals surface area contributed by atoms with Gasteiger partial charge in [0.25, 0.3) is 0 Å². The summed E-state index contributed by atoms with van der Waals surface area (Å²) < 4.78 is 26.2. The summed E-state index contributed by atoms with van der Waals surface area (Å²) in [7, 11) is -0.702. The van der Waals surface area contributed by atoms with Crippen molar-refractivity contribution in [2.24, 2.45) is 0 Å². The molecule has 0 unspecified atom stereocenters. The maximum absolute atomic E-state index is 12.6. The lowest BCUT2D eigenvalue weighted by Gasteiger charge is -2.23. The number of amides is 1. The first-order valence-corrected chi connectivity index (χ1v) is 7.93. The van der Waals surface area contributed by atoms with Crippen LogP contribution in [0.4, 0.5) is 5.69 Å². The molecule has 1 aromatic rings. The number of nitrogens with zero attached hydrogens (tertiary/aromatic N) is 2.